The van der Waals surface area contributed by atoms with E-state index in [-0.39, 0.29) is 11.4 Å². The smallest absolute Gasteiger partial charge is 0.313 e. The number of aromatic nitrogens is 1. The second kappa shape index (κ2) is 7.63. The van der Waals surface area contributed by atoms with E-state index in [0.717, 1.165) is 0 Å². The molecule has 0 fully saturated rings. The van der Waals surface area contributed by atoms with Crippen LogP contribution in [0.15, 0.2) is 18.3 Å². The largest absolute Gasteiger partial charge is 0.481 e. The SMILES string of the molecule is CCc1ncccc1[N+](=O)[O-].O=C(O)CS. The van der Waals surface area contributed by atoms with Crippen molar-refractivity contribution in [2.24, 2.45) is 0 Å². The van der Waals surface area contributed by atoms with Gasteiger partial charge in [-0.1, -0.05) is 6.92 Å². The Labute approximate surface area is 97.9 Å². The minimum Gasteiger partial charge on any atom is -0.481 e. The molecule has 0 unspecified atom stereocenters. The molecule has 0 radical (unpaired) electrons. The highest BCUT2D eigenvalue weighted by molar-refractivity contribution is 7.81. The average molecular weight is 244 g/mol. The van der Waals surface area contributed by atoms with Gasteiger partial charge in [-0.15, -0.1) is 0 Å². The number of aryl methyl sites for hydroxylation is 1. The van der Waals surface area contributed by atoms with Crippen LogP contribution in [0.3, 0.4) is 0 Å². The lowest BCUT2D eigenvalue weighted by Crippen LogP contribution is -1.95. The second-order valence-electron chi connectivity index (χ2n) is 2.63. The molecule has 0 aliphatic heterocycles. The number of nitrogens with zero attached hydrogens (tertiary/aromatic N) is 2. The number of pyridine rings is 1. The van der Waals surface area contributed by atoms with Crippen molar-refractivity contribution in [1.29, 1.82) is 0 Å². The van der Waals surface area contributed by atoms with Gasteiger partial charge < -0.3 is 5.11 Å². The van der Waals surface area contributed by atoms with Gasteiger partial charge in [0.05, 0.1) is 10.7 Å². The van der Waals surface area contributed by atoms with E-state index in [1.54, 1.807) is 12.3 Å². The van der Waals surface area contributed by atoms with Gasteiger partial charge in [0.25, 0.3) is 5.69 Å². The summed E-state index contributed by atoms with van der Waals surface area (Å²) in [5, 5.41) is 18.0. The van der Waals surface area contributed by atoms with Gasteiger partial charge in [-0.05, 0) is 12.5 Å². The summed E-state index contributed by atoms with van der Waals surface area (Å²) < 4.78 is 0. The Balaban J connectivity index is 0.000000385. The second-order valence-corrected chi connectivity index (χ2v) is 2.95. The molecule has 0 aliphatic rings. The van der Waals surface area contributed by atoms with Crippen LogP contribution < -0.4 is 0 Å². The summed E-state index contributed by atoms with van der Waals surface area (Å²) in [6.07, 6.45) is 2.16. The van der Waals surface area contributed by atoms with Crippen molar-refractivity contribution >= 4 is 24.3 Å². The molecular formula is C9H12N2O4S. The van der Waals surface area contributed by atoms with E-state index in [1.165, 1.54) is 6.07 Å². The molecule has 6 nitrogen and oxygen atoms in total. The molecular weight excluding hydrogens is 232 g/mol. The van der Waals surface area contributed by atoms with E-state index in [2.05, 4.69) is 17.6 Å². The van der Waals surface area contributed by atoms with Crippen LogP contribution in [0.2, 0.25) is 0 Å². The van der Waals surface area contributed by atoms with Gasteiger partial charge in [-0.25, -0.2) is 0 Å². The number of rotatable bonds is 3. The minimum absolute atomic E-state index is 0.0833. The highest BCUT2D eigenvalue weighted by atomic mass is 32.1. The Hall–Kier alpha value is -1.63. The third-order valence-electron chi connectivity index (χ3n) is 1.53. The fourth-order valence-corrected chi connectivity index (χ4v) is 0.868. The number of hydrogen-bond acceptors (Lipinski definition) is 5. The van der Waals surface area contributed by atoms with Gasteiger partial charge in [0.2, 0.25) is 0 Å². The first-order valence-electron chi connectivity index (χ1n) is 4.43. The summed E-state index contributed by atoms with van der Waals surface area (Å²) in [5.41, 5.74) is 0.646. The molecule has 7 heteroatoms. The molecule has 1 heterocycles. The van der Waals surface area contributed by atoms with Gasteiger partial charge in [0.1, 0.15) is 5.69 Å². The first-order valence-corrected chi connectivity index (χ1v) is 5.07. The van der Waals surface area contributed by atoms with Crippen molar-refractivity contribution in [1.82, 2.24) is 4.98 Å². The summed E-state index contributed by atoms with van der Waals surface area (Å²) in [7, 11) is 0. The molecule has 1 aromatic heterocycles. The molecule has 1 rings (SSSR count). The topological polar surface area (TPSA) is 93.3 Å². The fraction of sp³-hybridized carbons (Fsp3) is 0.333. The van der Waals surface area contributed by atoms with Crippen LogP contribution in [-0.4, -0.2) is 26.7 Å². The summed E-state index contributed by atoms with van der Waals surface area (Å²) in [4.78, 5) is 23.1. The molecule has 0 spiro atoms. The average Bonchev–Trinajstić information content (AvgIpc) is 2.29. The fourth-order valence-electron chi connectivity index (χ4n) is 0.868. The van der Waals surface area contributed by atoms with Crippen LogP contribution in [0.5, 0.6) is 0 Å². The molecule has 1 aromatic rings. The van der Waals surface area contributed by atoms with Gasteiger partial charge in [0.15, 0.2) is 0 Å². The lowest BCUT2D eigenvalue weighted by molar-refractivity contribution is -0.385. The Morgan fingerprint density at radius 1 is 1.69 bits per heavy atom. The van der Waals surface area contributed by atoms with Gasteiger partial charge in [-0.2, -0.15) is 12.6 Å². The highest BCUT2D eigenvalue weighted by Gasteiger charge is 2.10. The molecule has 0 aliphatic carbocycles. The molecule has 0 amide bonds. The van der Waals surface area contributed by atoms with Gasteiger partial charge in [0, 0.05) is 12.3 Å². The molecule has 0 aromatic carbocycles. The predicted octanol–water partition coefficient (Wildman–Crippen LogP) is 1.55. The lowest BCUT2D eigenvalue weighted by atomic mass is 10.2. The number of carbonyl (C=O) groups is 1. The van der Waals surface area contributed by atoms with Crippen LogP contribution in [0.25, 0.3) is 0 Å². The Morgan fingerprint density at radius 2 is 2.25 bits per heavy atom. The number of aliphatic carboxylic acids is 1. The van der Waals surface area contributed by atoms with Crippen LogP contribution in [0.1, 0.15) is 12.6 Å². The number of thiol groups is 1. The summed E-state index contributed by atoms with van der Waals surface area (Å²) >= 11 is 3.42. The van der Waals surface area contributed by atoms with Gasteiger partial charge in [-0.3, -0.25) is 19.9 Å². The third-order valence-corrected chi connectivity index (χ3v) is 1.80. The molecule has 0 saturated heterocycles. The maximum absolute atomic E-state index is 10.3. The first kappa shape index (κ1) is 14.4. The molecule has 16 heavy (non-hydrogen) atoms. The predicted molar refractivity (Wildman–Crippen MR) is 61.8 cm³/mol. The molecule has 88 valence electrons. The molecule has 0 saturated carbocycles. The zero-order valence-corrected chi connectivity index (χ0v) is 9.55. The molecule has 1 N–H and O–H groups in total. The standard InChI is InChI=1S/C7H8N2O2.C2H4O2S/c1-2-6-7(9(10)11)4-3-5-8-6;3-2(4)1-5/h3-5H,2H2,1H3;5H,1H2,(H,3,4). The molecule has 0 atom stereocenters. The summed E-state index contributed by atoms with van der Waals surface area (Å²) in [6, 6.07) is 3.03. The monoisotopic (exact) mass is 244 g/mol. The summed E-state index contributed by atoms with van der Waals surface area (Å²) in [5.74, 6) is -0.965. The Morgan fingerprint density at radius 3 is 2.56 bits per heavy atom. The number of hydrogen-bond donors (Lipinski definition) is 2. The van der Waals surface area contributed by atoms with E-state index in [0.29, 0.717) is 12.1 Å². The summed E-state index contributed by atoms with van der Waals surface area (Å²) in [6.45, 7) is 1.84. The number of carboxylic acid groups (broad SMARTS) is 1. The van der Waals surface area contributed by atoms with Crippen molar-refractivity contribution in [2.45, 2.75) is 13.3 Å². The van der Waals surface area contributed by atoms with Crippen molar-refractivity contribution in [3.8, 4) is 0 Å². The lowest BCUT2D eigenvalue weighted by Gasteiger charge is -1.95. The first-order chi connectivity index (χ1) is 7.52. The van der Waals surface area contributed by atoms with E-state index in [9.17, 15) is 14.9 Å². The van der Waals surface area contributed by atoms with Crippen molar-refractivity contribution in [3.63, 3.8) is 0 Å². The van der Waals surface area contributed by atoms with E-state index < -0.39 is 10.9 Å². The molecule has 0 bridgehead atoms. The minimum atomic E-state index is -0.881. The van der Waals surface area contributed by atoms with E-state index >= 15 is 0 Å². The zero-order valence-electron chi connectivity index (χ0n) is 8.66. The van der Waals surface area contributed by atoms with Crippen LogP contribution in [0.4, 0.5) is 5.69 Å². The Bertz CT molecular complexity index is 370. The maximum Gasteiger partial charge on any atom is 0.313 e. The normalized spacial score (nSPS) is 8.88. The Kier molecular flexibility index (Phi) is 6.86. The number of nitro groups is 1. The number of carboxylic acids is 1. The van der Waals surface area contributed by atoms with Crippen LogP contribution >= 0.6 is 12.6 Å². The van der Waals surface area contributed by atoms with Crippen molar-refractivity contribution in [2.75, 3.05) is 5.75 Å². The van der Waals surface area contributed by atoms with Crippen molar-refractivity contribution < 1.29 is 14.8 Å². The quantitative estimate of drug-likeness (QED) is 0.478. The zero-order chi connectivity index (χ0) is 12.6. The van der Waals surface area contributed by atoms with E-state index in [1.807, 2.05) is 6.92 Å². The van der Waals surface area contributed by atoms with Crippen LogP contribution in [-0.2, 0) is 11.2 Å². The van der Waals surface area contributed by atoms with Gasteiger partial charge >= 0.3 is 5.97 Å². The highest BCUT2D eigenvalue weighted by Crippen LogP contribution is 2.14. The van der Waals surface area contributed by atoms with Crippen molar-refractivity contribution in [3.05, 3.63) is 34.1 Å². The maximum atomic E-state index is 10.3. The van der Waals surface area contributed by atoms with E-state index in [4.69, 9.17) is 5.11 Å². The van der Waals surface area contributed by atoms with Crippen LogP contribution in [0, 0.1) is 10.1 Å². The third kappa shape index (κ3) is 5.30.